The first-order valence-electron chi connectivity index (χ1n) is 2.30. The summed E-state index contributed by atoms with van der Waals surface area (Å²) in [7, 11) is 0. The molecule has 0 unspecified atom stereocenters. The van der Waals surface area contributed by atoms with E-state index >= 15 is 0 Å². The van der Waals surface area contributed by atoms with Crippen molar-refractivity contribution in [3.05, 3.63) is 30.3 Å². The predicted molar refractivity (Wildman–Crippen MR) is 29.7 cm³/mol. The van der Waals surface area contributed by atoms with E-state index in [1.165, 1.54) is 0 Å². The van der Waals surface area contributed by atoms with Crippen LogP contribution in [-0.4, -0.2) is 5.26 Å². The molecule has 0 saturated carbocycles. The van der Waals surface area contributed by atoms with Crippen molar-refractivity contribution in [3.63, 3.8) is 0 Å². The van der Waals surface area contributed by atoms with Crippen molar-refractivity contribution in [3.8, 4) is 5.75 Å². The Bertz CT molecular complexity index is 152. The normalized spacial score (nSPS) is 7.67. The molecule has 0 aliphatic rings. The predicted octanol–water partition coefficient (Wildman–Crippen LogP) is 1.54. The molecule has 0 fully saturated rings. The maximum absolute atomic E-state index is 8.04. The summed E-state index contributed by atoms with van der Waals surface area (Å²) in [6.45, 7) is 0. The van der Waals surface area contributed by atoms with E-state index in [1.54, 1.807) is 24.3 Å². The van der Waals surface area contributed by atoms with Gasteiger partial charge in [0.25, 0.3) is 0 Å². The minimum atomic E-state index is 0. The molecular weight excluding hydrogens is 155 g/mol. The van der Waals surface area contributed by atoms with Crippen molar-refractivity contribution < 1.29 is 28.7 Å². The summed E-state index contributed by atoms with van der Waals surface area (Å²) >= 11 is 0. The molecule has 1 rings (SSSR count). The maximum atomic E-state index is 8.04. The first-order valence-corrected chi connectivity index (χ1v) is 2.30. The molecule has 0 aliphatic heterocycles. The summed E-state index contributed by atoms with van der Waals surface area (Å²) in [5.41, 5.74) is 0. The van der Waals surface area contributed by atoms with Gasteiger partial charge in [-0.1, -0.05) is 18.2 Å². The number of hydrogen-bond donors (Lipinski definition) is 1. The fourth-order valence-corrected chi connectivity index (χ4v) is 0.481. The van der Waals surface area contributed by atoms with Crippen LogP contribution < -0.4 is 4.89 Å². The number of rotatable bonds is 1. The maximum Gasteiger partial charge on any atom is 0.165 e. The largest absolute Gasteiger partial charge is 0.340 e. The summed E-state index contributed by atoms with van der Waals surface area (Å²) in [5, 5.41) is 8.04. The van der Waals surface area contributed by atoms with E-state index in [9.17, 15) is 0 Å². The van der Waals surface area contributed by atoms with Crippen molar-refractivity contribution in [2.24, 2.45) is 0 Å². The van der Waals surface area contributed by atoms with Gasteiger partial charge in [0.05, 0.1) is 0 Å². The SMILES string of the molecule is OOc1ccccc1.[V]. The van der Waals surface area contributed by atoms with Crippen molar-refractivity contribution >= 4 is 0 Å². The Morgan fingerprint density at radius 2 is 1.67 bits per heavy atom. The molecule has 3 heteroatoms. The average molecular weight is 161 g/mol. The third-order valence-electron chi connectivity index (χ3n) is 0.849. The molecule has 1 aromatic carbocycles. The third-order valence-corrected chi connectivity index (χ3v) is 0.849. The van der Waals surface area contributed by atoms with Crippen LogP contribution in [0, 0.1) is 0 Å². The molecule has 0 aromatic heterocycles. The summed E-state index contributed by atoms with van der Waals surface area (Å²) in [6.07, 6.45) is 0. The molecule has 0 amide bonds. The zero-order chi connectivity index (χ0) is 5.82. The van der Waals surface area contributed by atoms with Gasteiger partial charge < -0.3 is 4.89 Å². The van der Waals surface area contributed by atoms with Gasteiger partial charge in [-0.2, -0.15) is 0 Å². The summed E-state index contributed by atoms with van der Waals surface area (Å²) in [5.74, 6) is 0.465. The second-order valence-corrected chi connectivity index (χ2v) is 1.40. The molecule has 0 heterocycles. The Kier molecular flexibility index (Phi) is 4.23. The van der Waals surface area contributed by atoms with Crippen LogP contribution in [0.1, 0.15) is 0 Å². The minimum Gasteiger partial charge on any atom is -0.340 e. The average Bonchev–Trinajstić information content (AvgIpc) is 1.90. The zero-order valence-corrected chi connectivity index (χ0v) is 6.09. The molecule has 47 valence electrons. The van der Waals surface area contributed by atoms with Crippen LogP contribution in [0.4, 0.5) is 0 Å². The van der Waals surface area contributed by atoms with Gasteiger partial charge in [0.15, 0.2) is 5.75 Å². The minimum absolute atomic E-state index is 0. The smallest absolute Gasteiger partial charge is 0.165 e. The van der Waals surface area contributed by atoms with Crippen LogP contribution in [0.25, 0.3) is 0 Å². The van der Waals surface area contributed by atoms with Crippen LogP contribution in [-0.2, 0) is 18.6 Å². The van der Waals surface area contributed by atoms with Gasteiger partial charge in [-0.05, 0) is 12.1 Å². The molecule has 0 saturated heterocycles. The van der Waals surface area contributed by atoms with Gasteiger partial charge in [-0.15, -0.1) is 0 Å². The van der Waals surface area contributed by atoms with Gasteiger partial charge in [-0.25, -0.2) is 5.26 Å². The van der Waals surface area contributed by atoms with E-state index in [4.69, 9.17) is 5.26 Å². The van der Waals surface area contributed by atoms with Gasteiger partial charge >= 0.3 is 0 Å². The second kappa shape index (κ2) is 4.44. The Morgan fingerprint density at radius 3 is 2.00 bits per heavy atom. The quantitative estimate of drug-likeness (QED) is 0.500. The van der Waals surface area contributed by atoms with Crippen molar-refractivity contribution in [2.45, 2.75) is 0 Å². The Balaban J connectivity index is 0.000000640. The molecule has 1 N–H and O–H groups in total. The Labute approximate surface area is 65.3 Å². The third kappa shape index (κ3) is 2.56. The van der Waals surface area contributed by atoms with Crippen molar-refractivity contribution in [1.29, 1.82) is 0 Å². The summed E-state index contributed by atoms with van der Waals surface area (Å²) < 4.78 is 0. The molecule has 1 aromatic rings. The molecule has 0 aliphatic carbocycles. The fraction of sp³-hybridized carbons (Fsp3) is 0. The van der Waals surface area contributed by atoms with Gasteiger partial charge in [0, 0.05) is 18.6 Å². The van der Waals surface area contributed by atoms with Crippen molar-refractivity contribution in [1.82, 2.24) is 0 Å². The van der Waals surface area contributed by atoms with Crippen LogP contribution in [0.5, 0.6) is 5.75 Å². The van der Waals surface area contributed by atoms with E-state index in [0.29, 0.717) is 5.75 Å². The van der Waals surface area contributed by atoms with E-state index in [2.05, 4.69) is 4.89 Å². The van der Waals surface area contributed by atoms with Crippen LogP contribution >= 0.6 is 0 Å². The fourth-order valence-electron chi connectivity index (χ4n) is 0.481. The Hall–Kier alpha value is -0.436. The second-order valence-electron chi connectivity index (χ2n) is 1.40. The van der Waals surface area contributed by atoms with E-state index in [0.717, 1.165) is 0 Å². The van der Waals surface area contributed by atoms with Gasteiger partial charge in [0.1, 0.15) is 0 Å². The van der Waals surface area contributed by atoms with Gasteiger partial charge in [-0.3, -0.25) is 0 Å². The number of benzene rings is 1. The summed E-state index contributed by atoms with van der Waals surface area (Å²) in [4.78, 5) is 3.91. The van der Waals surface area contributed by atoms with Crippen LogP contribution in [0.2, 0.25) is 0 Å². The van der Waals surface area contributed by atoms with Gasteiger partial charge in [0.2, 0.25) is 0 Å². The standard InChI is InChI=1S/C6H6O2.V/c7-8-6-4-2-1-3-5-6;/h1-5,7H;. The number of para-hydroxylation sites is 1. The molecule has 0 atom stereocenters. The topological polar surface area (TPSA) is 29.5 Å². The van der Waals surface area contributed by atoms with E-state index in [-0.39, 0.29) is 18.6 Å². The number of hydrogen-bond acceptors (Lipinski definition) is 2. The first-order chi connectivity index (χ1) is 3.93. The van der Waals surface area contributed by atoms with Crippen LogP contribution in [0.15, 0.2) is 30.3 Å². The summed E-state index contributed by atoms with van der Waals surface area (Å²) in [6, 6.07) is 8.75. The molecule has 1 radical (unpaired) electrons. The molecule has 0 bridgehead atoms. The Morgan fingerprint density at radius 1 is 1.11 bits per heavy atom. The molecule has 0 spiro atoms. The van der Waals surface area contributed by atoms with E-state index in [1.807, 2.05) is 6.07 Å². The van der Waals surface area contributed by atoms with E-state index < -0.39 is 0 Å². The molecule has 2 nitrogen and oxygen atoms in total. The zero-order valence-electron chi connectivity index (χ0n) is 4.69. The molecular formula is C6H6O2V. The molecule has 9 heavy (non-hydrogen) atoms. The van der Waals surface area contributed by atoms with Crippen LogP contribution in [0.3, 0.4) is 0 Å². The monoisotopic (exact) mass is 161 g/mol. The van der Waals surface area contributed by atoms with Crippen molar-refractivity contribution in [2.75, 3.05) is 0 Å². The first kappa shape index (κ1) is 8.56.